The van der Waals surface area contributed by atoms with E-state index in [0.717, 1.165) is 6.42 Å². The van der Waals surface area contributed by atoms with Gasteiger partial charge in [-0.3, -0.25) is 0 Å². The lowest BCUT2D eigenvalue weighted by Crippen LogP contribution is -2.03. The van der Waals surface area contributed by atoms with Crippen LogP contribution >= 0.6 is 0 Å². The van der Waals surface area contributed by atoms with Gasteiger partial charge in [-0.25, -0.2) is 0 Å². The van der Waals surface area contributed by atoms with Crippen molar-refractivity contribution in [1.29, 1.82) is 0 Å². The molecule has 0 aromatic heterocycles. The Morgan fingerprint density at radius 3 is 2.18 bits per heavy atom. The van der Waals surface area contributed by atoms with Gasteiger partial charge in [0.25, 0.3) is 0 Å². The van der Waals surface area contributed by atoms with E-state index in [0.29, 0.717) is 5.41 Å². The van der Waals surface area contributed by atoms with E-state index in [1.54, 1.807) is 0 Å². The summed E-state index contributed by atoms with van der Waals surface area (Å²) in [5.41, 5.74) is 0.496. The molecule has 0 aliphatic rings. The van der Waals surface area contributed by atoms with Crippen LogP contribution in [0.25, 0.3) is 0 Å². The number of hydrogen-bond acceptors (Lipinski definition) is 0. The van der Waals surface area contributed by atoms with Crippen LogP contribution in [-0.4, -0.2) is 0 Å². The van der Waals surface area contributed by atoms with E-state index >= 15 is 0 Å². The summed E-state index contributed by atoms with van der Waals surface area (Å²) < 4.78 is 0. The summed E-state index contributed by atoms with van der Waals surface area (Å²) >= 11 is 0. The van der Waals surface area contributed by atoms with E-state index in [-0.39, 0.29) is 0 Å². The number of terminal acetylenes is 1. The lowest BCUT2D eigenvalue weighted by atomic mass is 9.89. The molecular weight excluding hydrogens is 132 g/mol. The van der Waals surface area contributed by atoms with Crippen LogP contribution in [0.5, 0.6) is 0 Å². The van der Waals surface area contributed by atoms with Gasteiger partial charge in [0.05, 0.1) is 0 Å². The topological polar surface area (TPSA) is 0 Å². The van der Waals surface area contributed by atoms with Crippen molar-refractivity contribution in [2.45, 2.75) is 52.9 Å². The third kappa shape index (κ3) is 9.56. The molecule has 11 heavy (non-hydrogen) atoms. The van der Waals surface area contributed by atoms with Gasteiger partial charge in [-0.2, -0.15) is 0 Å². The van der Waals surface area contributed by atoms with Gasteiger partial charge in [0.15, 0.2) is 0 Å². The average Bonchev–Trinajstić information content (AvgIpc) is 1.85. The van der Waals surface area contributed by atoms with E-state index in [9.17, 15) is 0 Å². The SMILES string of the molecule is C#CCCCCCC(C)(C)C. The molecule has 0 saturated heterocycles. The lowest BCUT2D eigenvalue weighted by molar-refractivity contribution is 0.358. The molecule has 0 aromatic rings. The Kier molecular flexibility index (Phi) is 5.03. The van der Waals surface area contributed by atoms with Crippen molar-refractivity contribution in [1.82, 2.24) is 0 Å². The first-order valence-electron chi connectivity index (χ1n) is 4.50. The van der Waals surface area contributed by atoms with Gasteiger partial charge in [-0.15, -0.1) is 12.3 Å². The molecule has 0 atom stereocenters. The second-order valence-electron chi connectivity index (χ2n) is 4.33. The van der Waals surface area contributed by atoms with Crippen molar-refractivity contribution in [2.24, 2.45) is 5.41 Å². The Labute approximate surface area is 71.4 Å². The molecule has 0 heterocycles. The van der Waals surface area contributed by atoms with E-state index in [1.165, 1.54) is 25.7 Å². The third-order valence-electron chi connectivity index (χ3n) is 1.75. The molecule has 0 aliphatic heterocycles. The Bertz CT molecular complexity index is 120. The Morgan fingerprint density at radius 1 is 1.09 bits per heavy atom. The number of hydrogen-bond donors (Lipinski definition) is 0. The van der Waals surface area contributed by atoms with Crippen LogP contribution in [0.1, 0.15) is 52.9 Å². The molecule has 0 aliphatic carbocycles. The van der Waals surface area contributed by atoms with Gasteiger partial charge < -0.3 is 0 Å². The number of unbranched alkanes of at least 4 members (excludes halogenated alkanes) is 3. The smallest absolute Gasteiger partial charge is 0.00860 e. The minimum absolute atomic E-state index is 0.496. The van der Waals surface area contributed by atoms with E-state index in [1.807, 2.05) is 0 Å². The van der Waals surface area contributed by atoms with Crippen LogP contribution in [0.4, 0.5) is 0 Å². The molecule has 0 spiro atoms. The van der Waals surface area contributed by atoms with Gasteiger partial charge in [0, 0.05) is 6.42 Å². The van der Waals surface area contributed by atoms with Crippen molar-refractivity contribution in [3.8, 4) is 12.3 Å². The molecular formula is C11H20. The highest BCUT2D eigenvalue weighted by Crippen LogP contribution is 2.22. The Balaban J connectivity index is 3.10. The molecule has 0 aromatic carbocycles. The third-order valence-corrected chi connectivity index (χ3v) is 1.75. The highest BCUT2D eigenvalue weighted by Gasteiger charge is 2.08. The standard InChI is InChI=1S/C11H20/c1-5-6-7-8-9-10-11(2,3)4/h1H,6-10H2,2-4H3. The fraction of sp³-hybridized carbons (Fsp3) is 0.818. The van der Waals surface area contributed by atoms with Gasteiger partial charge in [-0.05, 0) is 18.3 Å². The summed E-state index contributed by atoms with van der Waals surface area (Å²) in [4.78, 5) is 0. The summed E-state index contributed by atoms with van der Waals surface area (Å²) in [7, 11) is 0. The van der Waals surface area contributed by atoms with Crippen LogP contribution in [0, 0.1) is 17.8 Å². The molecule has 64 valence electrons. The monoisotopic (exact) mass is 152 g/mol. The fourth-order valence-electron chi connectivity index (χ4n) is 1.06. The number of rotatable bonds is 4. The molecule has 0 bridgehead atoms. The zero-order chi connectivity index (χ0) is 8.74. The first kappa shape index (κ1) is 10.6. The molecule has 0 unspecified atom stereocenters. The maximum absolute atomic E-state index is 5.15. The van der Waals surface area contributed by atoms with Crippen molar-refractivity contribution in [2.75, 3.05) is 0 Å². The van der Waals surface area contributed by atoms with Crippen LogP contribution in [0.15, 0.2) is 0 Å². The van der Waals surface area contributed by atoms with Crippen LogP contribution in [0.2, 0.25) is 0 Å². The zero-order valence-electron chi connectivity index (χ0n) is 8.11. The minimum atomic E-state index is 0.496. The van der Waals surface area contributed by atoms with Crippen molar-refractivity contribution in [3.63, 3.8) is 0 Å². The first-order chi connectivity index (χ1) is 5.06. The van der Waals surface area contributed by atoms with Gasteiger partial charge in [0.2, 0.25) is 0 Å². The maximum atomic E-state index is 5.15. The molecule has 0 radical (unpaired) electrons. The second-order valence-corrected chi connectivity index (χ2v) is 4.33. The van der Waals surface area contributed by atoms with E-state index in [2.05, 4.69) is 26.7 Å². The van der Waals surface area contributed by atoms with Gasteiger partial charge >= 0.3 is 0 Å². The molecule has 0 rings (SSSR count). The second kappa shape index (κ2) is 5.24. The molecule has 0 N–H and O–H groups in total. The molecule has 0 amide bonds. The quantitative estimate of drug-likeness (QED) is 0.426. The summed E-state index contributed by atoms with van der Waals surface area (Å²) in [5.74, 6) is 2.67. The molecule has 0 fully saturated rings. The molecule has 0 saturated carbocycles. The predicted octanol–water partition coefficient (Wildman–Crippen LogP) is 3.62. The highest BCUT2D eigenvalue weighted by atomic mass is 14.1. The van der Waals surface area contributed by atoms with Gasteiger partial charge in [0.1, 0.15) is 0 Å². The summed E-state index contributed by atoms with van der Waals surface area (Å²) in [6.07, 6.45) is 11.2. The van der Waals surface area contributed by atoms with E-state index < -0.39 is 0 Å². The molecule has 0 nitrogen and oxygen atoms in total. The lowest BCUT2D eigenvalue weighted by Gasteiger charge is -2.17. The highest BCUT2D eigenvalue weighted by molar-refractivity contribution is 4.82. The normalized spacial score (nSPS) is 11.1. The van der Waals surface area contributed by atoms with Crippen molar-refractivity contribution >= 4 is 0 Å². The molecule has 0 heteroatoms. The maximum Gasteiger partial charge on any atom is 0.00860 e. The Hall–Kier alpha value is -0.440. The predicted molar refractivity (Wildman–Crippen MR) is 51.4 cm³/mol. The Morgan fingerprint density at radius 2 is 1.73 bits per heavy atom. The van der Waals surface area contributed by atoms with Crippen LogP contribution in [-0.2, 0) is 0 Å². The van der Waals surface area contributed by atoms with Crippen molar-refractivity contribution < 1.29 is 0 Å². The van der Waals surface area contributed by atoms with Crippen LogP contribution < -0.4 is 0 Å². The zero-order valence-corrected chi connectivity index (χ0v) is 8.11. The first-order valence-corrected chi connectivity index (χ1v) is 4.50. The average molecular weight is 152 g/mol. The van der Waals surface area contributed by atoms with Gasteiger partial charge in [-0.1, -0.05) is 33.6 Å². The van der Waals surface area contributed by atoms with Crippen LogP contribution in [0.3, 0.4) is 0 Å². The fourth-order valence-corrected chi connectivity index (χ4v) is 1.06. The van der Waals surface area contributed by atoms with E-state index in [4.69, 9.17) is 6.42 Å². The van der Waals surface area contributed by atoms with Crippen molar-refractivity contribution in [3.05, 3.63) is 0 Å². The largest absolute Gasteiger partial charge is 0.120 e. The summed E-state index contributed by atoms with van der Waals surface area (Å²) in [6, 6.07) is 0. The minimum Gasteiger partial charge on any atom is -0.120 e. The summed E-state index contributed by atoms with van der Waals surface area (Å²) in [6.45, 7) is 6.86. The summed E-state index contributed by atoms with van der Waals surface area (Å²) in [5, 5.41) is 0.